The van der Waals surface area contributed by atoms with Crippen LogP contribution < -0.4 is 4.90 Å². The number of aryl methyl sites for hydroxylation is 1. The second kappa shape index (κ2) is 16.3. The van der Waals surface area contributed by atoms with Crippen molar-refractivity contribution >= 4 is 44.6 Å². The highest BCUT2D eigenvalue weighted by molar-refractivity contribution is 7.19. The van der Waals surface area contributed by atoms with E-state index in [0.717, 1.165) is 29.9 Å². The van der Waals surface area contributed by atoms with E-state index >= 15 is 0 Å². The first kappa shape index (κ1) is 43.5. The van der Waals surface area contributed by atoms with Gasteiger partial charge in [0, 0.05) is 31.9 Å². The van der Waals surface area contributed by atoms with E-state index in [1.807, 2.05) is 11.3 Å². The van der Waals surface area contributed by atoms with Crippen LogP contribution in [-0.4, -0.2) is 0 Å². The third kappa shape index (κ3) is 6.79. The lowest BCUT2D eigenvalue weighted by Crippen LogP contribution is -2.27. The average Bonchev–Trinajstić information content (AvgIpc) is 4.02. The van der Waals surface area contributed by atoms with Crippen LogP contribution in [0.2, 0.25) is 0 Å². The molecule has 9 aromatic carbocycles. The van der Waals surface area contributed by atoms with Crippen LogP contribution >= 0.6 is 11.3 Å². The molecule has 2 heteroatoms. The van der Waals surface area contributed by atoms with E-state index in [4.69, 9.17) is 0 Å². The second-order valence-electron chi connectivity index (χ2n) is 21.9. The molecule has 0 aliphatic heterocycles. The number of hydrogen-bond donors (Lipinski definition) is 0. The van der Waals surface area contributed by atoms with Crippen molar-refractivity contribution in [3.8, 4) is 55.6 Å². The number of benzene rings is 9. The van der Waals surface area contributed by atoms with Gasteiger partial charge in [-0.25, -0.2) is 0 Å². The fraction of sp³-hybridized carbons (Fsp3) is 0.159. The highest BCUT2D eigenvalue weighted by Gasteiger charge is 2.52. The molecule has 0 fully saturated rings. The SMILES string of the molecule is CC(C)(C)c1ccc2c(c1)C1(c3ccccc3-c3ccc(N(c4ccc5sc6c(c5c4)C=CCC6)c4ccccc4-c4ccccc4-c4ccccc4-c4ccccc4)cc31)c1cc(C(C)(C)C)ccc1-2. The molecule has 0 radical (unpaired) electrons. The lowest BCUT2D eigenvalue weighted by atomic mass is 9.68. The summed E-state index contributed by atoms with van der Waals surface area (Å²) in [5, 5.41) is 1.33. The molecule has 71 heavy (non-hydrogen) atoms. The van der Waals surface area contributed by atoms with Gasteiger partial charge in [0.25, 0.3) is 0 Å². The smallest absolute Gasteiger partial charge is 0.0726 e. The van der Waals surface area contributed by atoms with Crippen LogP contribution in [0.5, 0.6) is 0 Å². The molecule has 0 unspecified atom stereocenters. The van der Waals surface area contributed by atoms with Crippen molar-refractivity contribution in [2.24, 2.45) is 0 Å². The summed E-state index contributed by atoms with van der Waals surface area (Å²) in [5.74, 6) is 0. The molecule has 3 aliphatic carbocycles. The minimum Gasteiger partial charge on any atom is -0.310 e. The first-order valence-corrected chi connectivity index (χ1v) is 26.2. The number of nitrogens with zero attached hydrogens (tertiary/aromatic N) is 1. The summed E-state index contributed by atoms with van der Waals surface area (Å²) in [6, 6.07) is 76.4. The molecule has 3 aliphatic rings. The first-order chi connectivity index (χ1) is 34.5. The lowest BCUT2D eigenvalue weighted by Gasteiger charge is -2.34. The summed E-state index contributed by atoms with van der Waals surface area (Å²) in [6.45, 7) is 14.1. The summed E-state index contributed by atoms with van der Waals surface area (Å²) in [4.78, 5) is 4.05. The van der Waals surface area contributed by atoms with Crippen LogP contribution in [0.25, 0.3) is 71.8 Å². The van der Waals surface area contributed by atoms with Gasteiger partial charge in [-0.05, 0) is 149 Å². The zero-order chi connectivity index (χ0) is 48.2. The number of allylic oxidation sites excluding steroid dienone is 1. The van der Waals surface area contributed by atoms with Gasteiger partial charge in [0.15, 0.2) is 0 Å². The molecule has 1 heterocycles. The second-order valence-corrected chi connectivity index (χ2v) is 23.1. The third-order valence-corrected chi connectivity index (χ3v) is 16.9. The molecule has 0 saturated heterocycles. The Morgan fingerprint density at radius 2 is 0.915 bits per heavy atom. The third-order valence-electron chi connectivity index (χ3n) is 15.7. The van der Waals surface area contributed by atoms with Crippen LogP contribution in [0.3, 0.4) is 0 Å². The average molecular weight is 932 g/mol. The summed E-state index contributed by atoms with van der Waals surface area (Å²) < 4.78 is 1.34. The normalized spacial score (nSPS) is 14.0. The maximum Gasteiger partial charge on any atom is 0.0726 e. The van der Waals surface area contributed by atoms with Gasteiger partial charge in [-0.15, -0.1) is 11.3 Å². The van der Waals surface area contributed by atoms with Crippen LogP contribution in [0.15, 0.2) is 206 Å². The molecule has 0 atom stereocenters. The number of para-hydroxylation sites is 1. The van der Waals surface area contributed by atoms with Crippen molar-refractivity contribution in [1.82, 2.24) is 0 Å². The molecule has 13 rings (SSSR count). The molecule has 0 amide bonds. The van der Waals surface area contributed by atoms with Gasteiger partial charge in [-0.2, -0.15) is 0 Å². The van der Waals surface area contributed by atoms with Gasteiger partial charge < -0.3 is 4.90 Å². The Kier molecular flexibility index (Phi) is 9.97. The number of hydrogen-bond acceptors (Lipinski definition) is 2. The van der Waals surface area contributed by atoms with Gasteiger partial charge in [-0.1, -0.05) is 217 Å². The fourth-order valence-electron chi connectivity index (χ4n) is 12.2. The number of fused-ring (bicyclic) bond motifs is 13. The van der Waals surface area contributed by atoms with E-state index in [2.05, 4.69) is 259 Å². The molecule has 10 aromatic rings. The number of thiophene rings is 1. The van der Waals surface area contributed by atoms with Crippen molar-refractivity contribution in [2.45, 2.75) is 70.6 Å². The van der Waals surface area contributed by atoms with E-state index in [-0.39, 0.29) is 10.8 Å². The predicted octanol–water partition coefficient (Wildman–Crippen LogP) is 19.3. The van der Waals surface area contributed by atoms with Crippen molar-refractivity contribution in [2.75, 3.05) is 4.90 Å². The fourth-order valence-corrected chi connectivity index (χ4v) is 13.4. The monoisotopic (exact) mass is 931 g/mol. The summed E-state index contributed by atoms with van der Waals surface area (Å²) in [6.07, 6.45) is 6.91. The molecule has 1 aromatic heterocycles. The Morgan fingerprint density at radius 3 is 1.58 bits per heavy atom. The maximum atomic E-state index is 2.57. The molecule has 0 bridgehead atoms. The van der Waals surface area contributed by atoms with Crippen LogP contribution in [0.4, 0.5) is 17.1 Å². The molecule has 1 spiro atoms. The van der Waals surface area contributed by atoms with Gasteiger partial charge in [-0.3, -0.25) is 0 Å². The van der Waals surface area contributed by atoms with Crippen LogP contribution in [-0.2, 0) is 22.7 Å². The maximum absolute atomic E-state index is 2.57. The minimum atomic E-state index is -0.533. The number of rotatable bonds is 6. The van der Waals surface area contributed by atoms with Crippen molar-refractivity contribution in [3.05, 3.63) is 250 Å². The van der Waals surface area contributed by atoms with Gasteiger partial charge >= 0.3 is 0 Å². The molecule has 344 valence electrons. The Morgan fingerprint density at radius 1 is 0.423 bits per heavy atom. The zero-order valence-electron chi connectivity index (χ0n) is 41.5. The predicted molar refractivity (Wildman–Crippen MR) is 304 cm³/mol. The molecule has 0 saturated carbocycles. The molecular formula is C69H57NS. The van der Waals surface area contributed by atoms with Gasteiger partial charge in [0.2, 0.25) is 0 Å². The quantitative estimate of drug-likeness (QED) is 0.161. The van der Waals surface area contributed by atoms with E-state index in [0.29, 0.717) is 0 Å². The van der Waals surface area contributed by atoms with E-state index in [1.165, 1.54) is 110 Å². The van der Waals surface area contributed by atoms with E-state index in [1.54, 1.807) is 0 Å². The topological polar surface area (TPSA) is 3.24 Å². The molecule has 1 nitrogen and oxygen atoms in total. The van der Waals surface area contributed by atoms with Gasteiger partial charge in [0.05, 0.1) is 11.1 Å². The summed E-state index contributed by atoms with van der Waals surface area (Å²) >= 11 is 1.96. The van der Waals surface area contributed by atoms with Crippen molar-refractivity contribution in [1.29, 1.82) is 0 Å². The molecular weight excluding hydrogens is 875 g/mol. The minimum absolute atomic E-state index is 0.0303. The summed E-state index contributed by atoms with van der Waals surface area (Å²) in [7, 11) is 0. The Balaban J connectivity index is 1.09. The Labute approximate surface area is 423 Å². The Bertz CT molecular complexity index is 3730. The molecule has 0 N–H and O–H groups in total. The van der Waals surface area contributed by atoms with Crippen LogP contribution in [0.1, 0.15) is 91.8 Å². The summed E-state index contributed by atoms with van der Waals surface area (Å²) in [5.41, 5.74) is 24.9. The lowest BCUT2D eigenvalue weighted by molar-refractivity contribution is 0.586. The highest BCUT2D eigenvalue weighted by atomic mass is 32.1. The van der Waals surface area contributed by atoms with Crippen LogP contribution in [0, 0.1) is 0 Å². The van der Waals surface area contributed by atoms with Gasteiger partial charge in [0.1, 0.15) is 0 Å². The highest BCUT2D eigenvalue weighted by Crippen LogP contribution is 2.64. The standard InChI is InChI=1S/C69H57NS/c1-67(2,3)45-32-36-54-55-37-33-46(68(4,5)6)41-62(55)69(61(54)40-45)60-29-17-14-26-53(60)56-38-34-48(43-63(56)69)70(47-35-39-66-59(42-47)58-28-16-19-31-65(58)71-66)64-30-18-15-27-57(64)52-25-13-12-24-51(52)50-23-11-10-22-49(50)44-20-8-7-9-21-44/h7-18,20-30,32-43H,19,31H2,1-6H3. The van der Waals surface area contributed by atoms with Crippen molar-refractivity contribution < 1.29 is 0 Å². The first-order valence-electron chi connectivity index (χ1n) is 25.4. The number of anilines is 3. The van der Waals surface area contributed by atoms with E-state index in [9.17, 15) is 0 Å². The largest absolute Gasteiger partial charge is 0.310 e. The zero-order valence-corrected chi connectivity index (χ0v) is 42.3. The van der Waals surface area contributed by atoms with Crippen molar-refractivity contribution in [3.63, 3.8) is 0 Å². The Hall–Kier alpha value is -7.52. The van der Waals surface area contributed by atoms with E-state index < -0.39 is 5.41 Å².